The minimum atomic E-state index is -0.578. The van der Waals surface area contributed by atoms with E-state index >= 15 is 0 Å². The fraction of sp³-hybridized carbons (Fsp3) is 0.667. The number of nitrogens with one attached hydrogen (secondary N) is 2. The highest BCUT2D eigenvalue weighted by Gasteiger charge is 2.35. The predicted molar refractivity (Wildman–Crippen MR) is 75.7 cm³/mol. The lowest BCUT2D eigenvalue weighted by Crippen LogP contribution is -2.57. The Balaban J connectivity index is 2.13. The molecule has 0 spiro atoms. The highest BCUT2D eigenvalue weighted by Crippen LogP contribution is 2.27. The topological polar surface area (TPSA) is 96.7 Å². The largest absolute Gasteiger partial charge is 0.391 e. The Hall–Kier alpha value is -1.50. The van der Waals surface area contributed by atoms with Crippen molar-refractivity contribution in [3.05, 3.63) is 11.9 Å². The maximum Gasteiger partial charge on any atom is 0.274 e. The zero-order chi connectivity index (χ0) is 13.7. The van der Waals surface area contributed by atoms with Gasteiger partial charge < -0.3 is 11.1 Å². The summed E-state index contributed by atoms with van der Waals surface area (Å²) in [5.74, 6) is -0.276. The van der Waals surface area contributed by atoms with E-state index in [1.807, 2.05) is 0 Å². The highest BCUT2D eigenvalue weighted by molar-refractivity contribution is 7.80. The van der Waals surface area contributed by atoms with Gasteiger partial charge in [-0.25, -0.2) is 0 Å². The van der Waals surface area contributed by atoms with Gasteiger partial charge in [-0.15, -0.1) is 0 Å². The minimum absolute atomic E-state index is 0.262. The number of carbonyl (C=O) groups is 1. The maximum absolute atomic E-state index is 12.1. The summed E-state index contributed by atoms with van der Waals surface area (Å²) >= 11 is 5.20. The molecule has 2 rings (SSSR count). The molecule has 1 aliphatic carbocycles. The monoisotopic (exact) mass is 281 g/mol. The first kappa shape index (κ1) is 13.9. The smallest absolute Gasteiger partial charge is 0.274 e. The molecule has 1 fully saturated rings. The minimum Gasteiger partial charge on any atom is -0.391 e. The van der Waals surface area contributed by atoms with Gasteiger partial charge in [0.05, 0.1) is 16.7 Å². The number of nitrogens with zero attached hydrogens (tertiary/aromatic N) is 2. The summed E-state index contributed by atoms with van der Waals surface area (Å²) < 4.78 is 0. The van der Waals surface area contributed by atoms with E-state index in [-0.39, 0.29) is 11.6 Å². The number of aromatic nitrogens is 3. The van der Waals surface area contributed by atoms with E-state index in [1.165, 1.54) is 12.6 Å². The summed E-state index contributed by atoms with van der Waals surface area (Å²) in [6, 6.07) is 0. The van der Waals surface area contributed by atoms with Gasteiger partial charge in [-0.1, -0.05) is 44.3 Å². The number of amides is 1. The van der Waals surface area contributed by atoms with E-state index in [1.54, 1.807) is 0 Å². The summed E-state index contributed by atoms with van der Waals surface area (Å²) in [5.41, 5.74) is 5.58. The van der Waals surface area contributed by atoms with Crippen molar-refractivity contribution in [2.75, 3.05) is 0 Å². The Morgan fingerprint density at radius 1 is 1.32 bits per heavy atom. The van der Waals surface area contributed by atoms with Crippen LogP contribution in [0.2, 0.25) is 0 Å². The van der Waals surface area contributed by atoms with E-state index in [2.05, 4.69) is 20.7 Å². The molecule has 1 amide bonds. The van der Waals surface area contributed by atoms with E-state index in [0.29, 0.717) is 4.99 Å². The number of thiocarbonyl (C=S) groups is 1. The molecule has 0 aliphatic heterocycles. The van der Waals surface area contributed by atoms with Crippen LogP contribution < -0.4 is 11.1 Å². The van der Waals surface area contributed by atoms with Crippen LogP contribution in [-0.2, 0) is 0 Å². The summed E-state index contributed by atoms with van der Waals surface area (Å²) in [6.07, 6.45) is 8.59. The first-order chi connectivity index (χ1) is 9.14. The molecule has 1 aromatic heterocycles. The van der Waals surface area contributed by atoms with Gasteiger partial charge >= 0.3 is 0 Å². The molecular formula is C12H19N5OS. The molecule has 0 aromatic carbocycles. The molecule has 1 saturated carbocycles. The first-order valence-electron chi connectivity index (χ1n) is 6.62. The SMILES string of the molecule is NC(=S)C1(NC(=O)c2cn[nH]n2)CCCCCCC1. The number of H-pyrrole nitrogens is 1. The summed E-state index contributed by atoms with van der Waals surface area (Å²) in [7, 11) is 0. The zero-order valence-corrected chi connectivity index (χ0v) is 11.6. The van der Waals surface area contributed by atoms with Crippen LogP contribution in [0.5, 0.6) is 0 Å². The molecule has 1 heterocycles. The van der Waals surface area contributed by atoms with E-state index in [0.717, 1.165) is 38.5 Å². The van der Waals surface area contributed by atoms with Gasteiger partial charge in [0.25, 0.3) is 5.91 Å². The van der Waals surface area contributed by atoms with Crippen molar-refractivity contribution in [1.82, 2.24) is 20.7 Å². The lowest BCUT2D eigenvalue weighted by atomic mass is 9.83. The summed E-state index contributed by atoms with van der Waals surface area (Å²) in [4.78, 5) is 12.5. The van der Waals surface area contributed by atoms with Gasteiger partial charge in [0.2, 0.25) is 0 Å². The molecule has 104 valence electrons. The van der Waals surface area contributed by atoms with Gasteiger partial charge in [-0.2, -0.15) is 15.4 Å². The number of hydrogen-bond acceptors (Lipinski definition) is 4. The van der Waals surface area contributed by atoms with Crippen molar-refractivity contribution >= 4 is 23.1 Å². The Morgan fingerprint density at radius 2 is 1.95 bits per heavy atom. The number of rotatable bonds is 3. The molecule has 1 aromatic rings. The number of nitrogens with two attached hydrogens (primary N) is 1. The van der Waals surface area contributed by atoms with Crippen molar-refractivity contribution in [3.63, 3.8) is 0 Å². The van der Waals surface area contributed by atoms with Crippen LogP contribution in [0, 0.1) is 0 Å². The van der Waals surface area contributed by atoms with Crippen LogP contribution in [0.25, 0.3) is 0 Å². The molecular weight excluding hydrogens is 262 g/mol. The van der Waals surface area contributed by atoms with Gasteiger partial charge in [0.1, 0.15) is 0 Å². The second kappa shape index (κ2) is 6.10. The quantitative estimate of drug-likeness (QED) is 0.726. The number of aromatic amines is 1. The van der Waals surface area contributed by atoms with Crippen molar-refractivity contribution in [2.45, 2.75) is 50.5 Å². The molecule has 0 bridgehead atoms. The molecule has 0 radical (unpaired) electrons. The highest BCUT2D eigenvalue weighted by atomic mass is 32.1. The molecule has 0 atom stereocenters. The van der Waals surface area contributed by atoms with Crippen molar-refractivity contribution in [1.29, 1.82) is 0 Å². The Bertz CT molecular complexity index is 437. The molecule has 0 saturated heterocycles. The van der Waals surface area contributed by atoms with Gasteiger partial charge in [0.15, 0.2) is 5.69 Å². The average molecular weight is 281 g/mol. The standard InChI is InChI=1S/C12H19N5OS/c13-11(19)12(6-4-2-1-3-5-7-12)15-10(18)9-8-14-17-16-9/h8H,1-7H2,(H2,13,19)(H,15,18)(H,14,16,17). The third kappa shape index (κ3) is 3.28. The molecule has 4 N–H and O–H groups in total. The molecule has 6 nitrogen and oxygen atoms in total. The normalized spacial score (nSPS) is 19.2. The van der Waals surface area contributed by atoms with Crippen LogP contribution in [0.1, 0.15) is 55.4 Å². The van der Waals surface area contributed by atoms with Crippen LogP contribution in [-0.4, -0.2) is 31.8 Å². The molecule has 0 unspecified atom stereocenters. The third-order valence-electron chi connectivity index (χ3n) is 3.68. The Labute approximate surface area is 117 Å². The predicted octanol–water partition coefficient (Wildman–Crippen LogP) is 1.30. The Morgan fingerprint density at radius 3 is 2.47 bits per heavy atom. The second-order valence-electron chi connectivity index (χ2n) is 5.02. The van der Waals surface area contributed by atoms with E-state index in [4.69, 9.17) is 18.0 Å². The van der Waals surface area contributed by atoms with E-state index in [9.17, 15) is 4.79 Å². The van der Waals surface area contributed by atoms with Gasteiger partial charge in [-0.05, 0) is 12.8 Å². The first-order valence-corrected chi connectivity index (χ1v) is 7.03. The fourth-order valence-corrected chi connectivity index (χ4v) is 2.79. The van der Waals surface area contributed by atoms with Gasteiger partial charge in [-0.3, -0.25) is 4.79 Å². The van der Waals surface area contributed by atoms with Crippen LogP contribution in [0.15, 0.2) is 6.20 Å². The molecule has 7 heteroatoms. The lowest BCUT2D eigenvalue weighted by Gasteiger charge is -2.35. The van der Waals surface area contributed by atoms with Crippen molar-refractivity contribution < 1.29 is 4.79 Å². The van der Waals surface area contributed by atoms with E-state index < -0.39 is 5.54 Å². The van der Waals surface area contributed by atoms with Crippen LogP contribution >= 0.6 is 12.2 Å². The second-order valence-corrected chi connectivity index (χ2v) is 5.46. The third-order valence-corrected chi connectivity index (χ3v) is 4.07. The van der Waals surface area contributed by atoms with Gasteiger partial charge in [0, 0.05) is 0 Å². The maximum atomic E-state index is 12.1. The average Bonchev–Trinajstić information content (AvgIpc) is 2.86. The van der Waals surface area contributed by atoms with Crippen LogP contribution in [0.3, 0.4) is 0 Å². The summed E-state index contributed by atoms with van der Waals surface area (Å²) in [6.45, 7) is 0. The van der Waals surface area contributed by atoms with Crippen molar-refractivity contribution in [2.24, 2.45) is 5.73 Å². The lowest BCUT2D eigenvalue weighted by molar-refractivity contribution is 0.0907. The Kier molecular flexibility index (Phi) is 4.47. The van der Waals surface area contributed by atoms with Crippen molar-refractivity contribution in [3.8, 4) is 0 Å². The van der Waals surface area contributed by atoms with Crippen LogP contribution in [0.4, 0.5) is 0 Å². The number of hydrogen-bond donors (Lipinski definition) is 3. The molecule has 19 heavy (non-hydrogen) atoms. The fourth-order valence-electron chi connectivity index (χ4n) is 2.53. The molecule has 1 aliphatic rings. The zero-order valence-electron chi connectivity index (χ0n) is 10.8. The summed E-state index contributed by atoms with van der Waals surface area (Å²) in [5, 5.41) is 12.8. The number of carbonyl (C=O) groups excluding carboxylic acids is 1.